The topological polar surface area (TPSA) is 35.5 Å². The molecule has 0 spiro atoms. The Hall–Kier alpha value is -2.03. The molecule has 0 saturated heterocycles. The van der Waals surface area contributed by atoms with Crippen LogP contribution in [0.2, 0.25) is 0 Å². The van der Waals surface area contributed by atoms with Crippen molar-refractivity contribution < 1.29 is 14.3 Å². The molecule has 3 aliphatic rings. The third-order valence-electron chi connectivity index (χ3n) is 6.00. The summed E-state index contributed by atoms with van der Waals surface area (Å²) in [6.07, 6.45) is 7.37. The summed E-state index contributed by atoms with van der Waals surface area (Å²) in [6.45, 7) is 3.80. The molecule has 0 unspecified atom stereocenters. The van der Waals surface area contributed by atoms with Gasteiger partial charge in [-0.2, -0.15) is 0 Å². The fraction of sp³-hybridized carbons (Fsp3) is 0.476. The van der Waals surface area contributed by atoms with Crippen molar-refractivity contribution in [3.8, 4) is 5.75 Å². The first-order valence-corrected chi connectivity index (χ1v) is 8.80. The van der Waals surface area contributed by atoms with Crippen molar-refractivity contribution >= 4 is 11.5 Å². The summed E-state index contributed by atoms with van der Waals surface area (Å²) in [5, 5.41) is 0. The molecule has 4 rings (SSSR count). The average Bonchev–Trinajstić information content (AvgIpc) is 2.92. The first-order chi connectivity index (χ1) is 11.5. The number of hydrogen-bond donors (Lipinski definition) is 0. The summed E-state index contributed by atoms with van der Waals surface area (Å²) in [4.78, 5) is 11.5. The zero-order valence-electron chi connectivity index (χ0n) is 14.6. The second-order valence-electron chi connectivity index (χ2n) is 7.37. The van der Waals surface area contributed by atoms with Crippen molar-refractivity contribution in [2.75, 3.05) is 7.11 Å². The Morgan fingerprint density at radius 2 is 2.12 bits per heavy atom. The first kappa shape index (κ1) is 15.5. The van der Waals surface area contributed by atoms with Crippen molar-refractivity contribution in [3.05, 3.63) is 46.5 Å². The minimum absolute atomic E-state index is 0.00213. The number of esters is 1. The summed E-state index contributed by atoms with van der Waals surface area (Å²) >= 11 is 0. The van der Waals surface area contributed by atoms with Crippen molar-refractivity contribution in [1.29, 1.82) is 0 Å². The third-order valence-corrected chi connectivity index (χ3v) is 6.00. The zero-order valence-corrected chi connectivity index (χ0v) is 14.6. The summed E-state index contributed by atoms with van der Waals surface area (Å²) in [7, 11) is 1.72. The fourth-order valence-electron chi connectivity index (χ4n) is 4.78. The van der Waals surface area contributed by atoms with Crippen molar-refractivity contribution in [3.63, 3.8) is 0 Å². The van der Waals surface area contributed by atoms with Gasteiger partial charge in [0.1, 0.15) is 11.9 Å². The number of hydrogen-bond acceptors (Lipinski definition) is 3. The Bertz CT molecular complexity index is 771. The highest BCUT2D eigenvalue weighted by molar-refractivity contribution is 5.82. The Morgan fingerprint density at radius 1 is 1.29 bits per heavy atom. The Labute approximate surface area is 143 Å². The van der Waals surface area contributed by atoms with Crippen LogP contribution < -0.4 is 4.74 Å². The van der Waals surface area contributed by atoms with Crippen molar-refractivity contribution in [1.82, 2.24) is 0 Å². The summed E-state index contributed by atoms with van der Waals surface area (Å²) < 4.78 is 11.1. The second-order valence-corrected chi connectivity index (χ2v) is 7.37. The van der Waals surface area contributed by atoms with E-state index in [2.05, 4.69) is 31.2 Å². The molecule has 0 bridgehead atoms. The molecule has 2 atom stereocenters. The van der Waals surface area contributed by atoms with Crippen molar-refractivity contribution in [2.24, 2.45) is 5.41 Å². The molecule has 0 radical (unpaired) electrons. The molecule has 0 fully saturated rings. The van der Waals surface area contributed by atoms with Gasteiger partial charge in [-0.05, 0) is 72.1 Å². The van der Waals surface area contributed by atoms with Crippen LogP contribution in [0.3, 0.4) is 0 Å². The predicted molar refractivity (Wildman–Crippen MR) is 93.8 cm³/mol. The quantitative estimate of drug-likeness (QED) is 0.754. The van der Waals surface area contributed by atoms with Crippen LogP contribution in [0, 0.1) is 5.41 Å². The molecule has 126 valence electrons. The second kappa shape index (κ2) is 5.51. The van der Waals surface area contributed by atoms with Gasteiger partial charge >= 0.3 is 5.97 Å². The number of ether oxygens (including phenoxy) is 2. The van der Waals surface area contributed by atoms with Gasteiger partial charge in [0.15, 0.2) is 0 Å². The van der Waals surface area contributed by atoms with E-state index in [1.165, 1.54) is 34.8 Å². The number of rotatable bonds is 2. The predicted octanol–water partition coefficient (Wildman–Crippen LogP) is 4.46. The van der Waals surface area contributed by atoms with E-state index < -0.39 is 0 Å². The molecule has 0 amide bonds. The standard InChI is InChI=1S/C21H24O3/c1-13(22)24-20-6-4-5-19-18-12-14-11-15(23-3)7-8-16(14)17(18)9-10-21(19,20)2/h5,7-8,11,20H,4,6,9-10,12H2,1-3H3/t20-,21-/m1/s1. The molecule has 3 aliphatic carbocycles. The highest BCUT2D eigenvalue weighted by Gasteiger charge is 2.47. The minimum Gasteiger partial charge on any atom is -0.497 e. The third kappa shape index (κ3) is 2.21. The number of fused-ring (bicyclic) bond motifs is 4. The van der Waals surface area contributed by atoms with Crippen LogP contribution in [0.1, 0.15) is 50.7 Å². The van der Waals surface area contributed by atoms with Crippen LogP contribution in [0.15, 0.2) is 35.4 Å². The molecule has 1 aromatic rings. The van der Waals surface area contributed by atoms with E-state index in [4.69, 9.17) is 9.47 Å². The molecule has 3 nitrogen and oxygen atoms in total. The maximum Gasteiger partial charge on any atom is 0.302 e. The Kier molecular flexibility index (Phi) is 3.56. The van der Waals surface area contributed by atoms with Crippen LogP contribution >= 0.6 is 0 Å². The smallest absolute Gasteiger partial charge is 0.302 e. The van der Waals surface area contributed by atoms with Crippen LogP contribution in [0.5, 0.6) is 5.75 Å². The van der Waals surface area contributed by atoms with E-state index in [0.717, 1.165) is 37.9 Å². The highest BCUT2D eigenvalue weighted by Crippen LogP contribution is 2.55. The molecular formula is C21H24O3. The summed E-state index contributed by atoms with van der Waals surface area (Å²) in [5.41, 5.74) is 7.05. The number of carbonyl (C=O) groups excluding carboxylic acids is 1. The molecule has 0 N–H and O–H groups in total. The lowest BCUT2D eigenvalue weighted by Gasteiger charge is -2.45. The Morgan fingerprint density at radius 3 is 2.88 bits per heavy atom. The maximum atomic E-state index is 11.5. The van der Waals surface area contributed by atoms with E-state index >= 15 is 0 Å². The van der Waals surface area contributed by atoms with Gasteiger partial charge in [-0.15, -0.1) is 0 Å². The summed E-state index contributed by atoms with van der Waals surface area (Å²) in [6, 6.07) is 6.42. The first-order valence-electron chi connectivity index (χ1n) is 8.80. The van der Waals surface area contributed by atoms with E-state index in [1.54, 1.807) is 7.11 Å². The van der Waals surface area contributed by atoms with E-state index in [1.807, 2.05) is 0 Å². The van der Waals surface area contributed by atoms with E-state index in [9.17, 15) is 4.79 Å². The maximum absolute atomic E-state index is 11.5. The van der Waals surface area contributed by atoms with Crippen LogP contribution in [-0.2, 0) is 16.0 Å². The molecule has 0 saturated carbocycles. The Balaban J connectivity index is 1.73. The lowest BCUT2D eigenvalue weighted by Crippen LogP contribution is -2.41. The summed E-state index contributed by atoms with van der Waals surface area (Å²) in [5.74, 6) is 0.758. The van der Waals surface area contributed by atoms with Gasteiger partial charge in [-0.3, -0.25) is 4.79 Å². The molecule has 0 aliphatic heterocycles. The monoisotopic (exact) mass is 324 g/mol. The molecular weight excluding hydrogens is 300 g/mol. The normalized spacial score (nSPS) is 27.8. The van der Waals surface area contributed by atoms with Gasteiger partial charge in [-0.1, -0.05) is 19.1 Å². The lowest BCUT2D eigenvalue weighted by molar-refractivity contribution is -0.152. The van der Waals surface area contributed by atoms with Gasteiger partial charge in [-0.25, -0.2) is 0 Å². The van der Waals surface area contributed by atoms with Crippen LogP contribution in [-0.4, -0.2) is 19.2 Å². The number of carbonyl (C=O) groups is 1. The van der Waals surface area contributed by atoms with Gasteiger partial charge in [0.05, 0.1) is 7.11 Å². The van der Waals surface area contributed by atoms with Crippen LogP contribution in [0.25, 0.3) is 5.57 Å². The van der Waals surface area contributed by atoms with E-state index in [-0.39, 0.29) is 17.5 Å². The lowest BCUT2D eigenvalue weighted by atomic mass is 9.62. The number of methoxy groups -OCH3 is 1. The van der Waals surface area contributed by atoms with E-state index in [0.29, 0.717) is 0 Å². The number of benzene rings is 1. The zero-order chi connectivity index (χ0) is 16.9. The number of allylic oxidation sites excluding steroid dienone is 3. The molecule has 0 heterocycles. The fourth-order valence-corrected chi connectivity index (χ4v) is 4.78. The minimum atomic E-state index is -0.165. The molecule has 24 heavy (non-hydrogen) atoms. The molecule has 0 aromatic heterocycles. The van der Waals surface area contributed by atoms with Gasteiger partial charge in [0, 0.05) is 12.3 Å². The average molecular weight is 324 g/mol. The van der Waals surface area contributed by atoms with Crippen LogP contribution in [0.4, 0.5) is 0 Å². The SMILES string of the molecule is COc1ccc2c(c1)CC1=C2CC[C@]2(C)C1=CCC[C@H]2OC(C)=O. The molecule has 3 heteroatoms. The molecule has 1 aromatic carbocycles. The van der Waals surface area contributed by atoms with Gasteiger partial charge in [0.25, 0.3) is 0 Å². The van der Waals surface area contributed by atoms with Gasteiger partial charge < -0.3 is 9.47 Å². The highest BCUT2D eigenvalue weighted by atomic mass is 16.5. The van der Waals surface area contributed by atoms with Gasteiger partial charge in [0.2, 0.25) is 0 Å². The van der Waals surface area contributed by atoms with Crippen molar-refractivity contribution in [2.45, 2.75) is 52.1 Å². The largest absolute Gasteiger partial charge is 0.497 e.